The van der Waals surface area contributed by atoms with Crippen LogP contribution in [-0.4, -0.2) is 73.5 Å². The summed E-state index contributed by atoms with van der Waals surface area (Å²) in [6.45, 7) is 1.92. The molecular formula is C29H35F3N4O4. The predicted octanol–water partition coefficient (Wildman–Crippen LogP) is 4.82. The van der Waals surface area contributed by atoms with Gasteiger partial charge in [-0.05, 0) is 57.0 Å². The molecule has 0 saturated carbocycles. The Morgan fingerprint density at radius 2 is 1.85 bits per heavy atom. The number of methoxy groups -OCH3 is 1. The van der Waals surface area contributed by atoms with Gasteiger partial charge in [0.15, 0.2) is 17.5 Å². The molecule has 0 radical (unpaired) electrons. The third-order valence-electron chi connectivity index (χ3n) is 7.81. The van der Waals surface area contributed by atoms with E-state index in [0.29, 0.717) is 62.3 Å². The number of hydrogen-bond acceptors (Lipinski definition) is 7. The highest BCUT2D eigenvalue weighted by atomic mass is 19.2. The molecule has 3 aromatic rings. The highest BCUT2D eigenvalue weighted by molar-refractivity contribution is 5.88. The van der Waals surface area contributed by atoms with Crippen LogP contribution in [0, 0.1) is 22.9 Å². The van der Waals surface area contributed by atoms with Gasteiger partial charge < -0.3 is 30.1 Å². The minimum Gasteiger partial charge on any atom is -0.497 e. The van der Waals surface area contributed by atoms with E-state index in [4.69, 9.17) is 4.74 Å². The van der Waals surface area contributed by atoms with E-state index in [0.717, 1.165) is 23.2 Å². The molecule has 8 nitrogen and oxygen atoms in total. The second-order valence-electron chi connectivity index (χ2n) is 10.5. The molecule has 11 heteroatoms. The molecule has 1 aliphatic rings. The lowest BCUT2D eigenvalue weighted by molar-refractivity contribution is -0.153. The van der Waals surface area contributed by atoms with E-state index in [2.05, 4.69) is 15.2 Å². The van der Waals surface area contributed by atoms with Crippen molar-refractivity contribution in [3.63, 3.8) is 0 Å². The third kappa shape index (κ3) is 6.26. The number of hydrogen-bond donors (Lipinski definition) is 3. The van der Waals surface area contributed by atoms with Gasteiger partial charge >= 0.3 is 5.97 Å². The molecule has 0 bridgehead atoms. The first kappa shape index (κ1) is 29.4. The van der Waals surface area contributed by atoms with Crippen LogP contribution in [0.25, 0.3) is 10.9 Å². The number of benzene rings is 2. The number of piperidine rings is 1. The maximum absolute atomic E-state index is 13.4. The van der Waals surface area contributed by atoms with Gasteiger partial charge in [-0.25, -0.2) is 13.2 Å². The zero-order chi connectivity index (χ0) is 29.0. The van der Waals surface area contributed by atoms with Gasteiger partial charge in [-0.2, -0.15) is 0 Å². The van der Waals surface area contributed by atoms with Crippen molar-refractivity contribution < 1.29 is 32.9 Å². The lowest BCUT2D eigenvalue weighted by Gasteiger charge is -2.39. The molecule has 2 aromatic carbocycles. The number of carboxylic acids is 1. The van der Waals surface area contributed by atoms with Crippen molar-refractivity contribution >= 4 is 28.2 Å². The molecule has 1 aromatic heterocycles. The van der Waals surface area contributed by atoms with Gasteiger partial charge in [-0.3, -0.25) is 9.78 Å². The largest absolute Gasteiger partial charge is 0.497 e. The number of halogens is 3. The van der Waals surface area contributed by atoms with Crippen molar-refractivity contribution in [1.82, 2.24) is 9.88 Å². The van der Waals surface area contributed by atoms with Crippen molar-refractivity contribution in [3.8, 4) is 5.75 Å². The van der Waals surface area contributed by atoms with E-state index >= 15 is 0 Å². The fourth-order valence-electron chi connectivity index (χ4n) is 5.36. The van der Waals surface area contributed by atoms with Crippen LogP contribution in [0.2, 0.25) is 0 Å². The second kappa shape index (κ2) is 12.3. The molecule has 216 valence electrons. The average Bonchev–Trinajstić information content (AvgIpc) is 2.94. The van der Waals surface area contributed by atoms with Crippen molar-refractivity contribution in [1.29, 1.82) is 0 Å². The summed E-state index contributed by atoms with van der Waals surface area (Å²) >= 11 is 0. The molecule has 1 fully saturated rings. The summed E-state index contributed by atoms with van der Waals surface area (Å²) < 4.78 is 45.4. The molecule has 1 aliphatic heterocycles. The topological polar surface area (TPSA) is 98.2 Å². The Labute approximate surface area is 231 Å². The van der Waals surface area contributed by atoms with Crippen LogP contribution in [0.15, 0.2) is 36.5 Å². The summed E-state index contributed by atoms with van der Waals surface area (Å²) in [6, 6.07) is 7.27. The highest BCUT2D eigenvalue weighted by Crippen LogP contribution is 2.41. The second-order valence-corrected chi connectivity index (χ2v) is 10.5. The summed E-state index contributed by atoms with van der Waals surface area (Å²) in [5.41, 5.74) is 1.31. The monoisotopic (exact) mass is 560 g/mol. The number of carboxylic acid groups (broad SMARTS) is 1. The molecule has 3 N–H and O–H groups in total. The lowest BCUT2D eigenvalue weighted by atomic mass is 9.74. The summed E-state index contributed by atoms with van der Waals surface area (Å²) in [6.07, 6.45) is 2.16. The fraction of sp³-hybridized carbons (Fsp3) is 0.448. The van der Waals surface area contributed by atoms with Crippen molar-refractivity contribution in [2.24, 2.45) is 5.41 Å². The van der Waals surface area contributed by atoms with E-state index in [9.17, 15) is 28.2 Å². The summed E-state index contributed by atoms with van der Waals surface area (Å²) in [7, 11) is 5.30. The van der Waals surface area contributed by atoms with E-state index in [1.54, 1.807) is 19.4 Å². The number of ether oxygens (including phenoxy) is 1. The quantitative estimate of drug-likeness (QED) is 0.287. The Kier molecular flexibility index (Phi) is 9.05. The van der Waals surface area contributed by atoms with Crippen molar-refractivity contribution in [2.75, 3.05) is 57.6 Å². The molecule has 0 aliphatic carbocycles. The van der Waals surface area contributed by atoms with Crippen molar-refractivity contribution in [3.05, 3.63) is 59.5 Å². The Morgan fingerprint density at radius 3 is 2.45 bits per heavy atom. The number of aliphatic hydroxyl groups excluding tert-OH is 1. The maximum Gasteiger partial charge on any atom is 0.309 e. The zero-order valence-corrected chi connectivity index (χ0v) is 22.9. The van der Waals surface area contributed by atoms with E-state index in [1.165, 1.54) is 0 Å². The fourth-order valence-corrected chi connectivity index (χ4v) is 5.36. The molecule has 2 heterocycles. The predicted molar refractivity (Wildman–Crippen MR) is 147 cm³/mol. The van der Waals surface area contributed by atoms with Crippen LogP contribution < -0.4 is 15.0 Å². The number of aromatic nitrogens is 1. The Morgan fingerprint density at radius 1 is 1.18 bits per heavy atom. The molecule has 40 heavy (non-hydrogen) atoms. The summed E-state index contributed by atoms with van der Waals surface area (Å²) in [5, 5.41) is 25.2. The van der Waals surface area contributed by atoms with Crippen LogP contribution in [-0.2, 0) is 4.79 Å². The Bertz CT molecular complexity index is 1340. The van der Waals surface area contributed by atoms with Gasteiger partial charge in [0.05, 0.1) is 36.0 Å². The normalized spacial score (nSPS) is 16.1. The number of pyridine rings is 1. The SMILES string of the molecule is COc1ccc2ncc(N(C)C)c([C@@H](O)CCC3(C(=O)O)CCN(CCNc4cc(F)c(F)c(F)c4)CC3)c2c1. The van der Waals surface area contributed by atoms with Gasteiger partial charge in [-0.1, -0.05) is 0 Å². The number of nitrogens with zero attached hydrogens (tertiary/aromatic N) is 3. The minimum absolute atomic E-state index is 0.139. The van der Waals surface area contributed by atoms with Gasteiger partial charge in [0.2, 0.25) is 0 Å². The average molecular weight is 561 g/mol. The zero-order valence-electron chi connectivity index (χ0n) is 22.9. The van der Waals surface area contributed by atoms with Gasteiger partial charge in [0.1, 0.15) is 5.75 Å². The first-order valence-electron chi connectivity index (χ1n) is 13.2. The van der Waals surface area contributed by atoms with E-state index < -0.39 is 34.9 Å². The number of fused-ring (bicyclic) bond motifs is 1. The number of anilines is 2. The van der Waals surface area contributed by atoms with Crippen molar-refractivity contribution in [2.45, 2.75) is 31.8 Å². The smallest absolute Gasteiger partial charge is 0.309 e. The minimum atomic E-state index is -1.51. The summed E-state index contributed by atoms with van der Waals surface area (Å²) in [5.74, 6) is -4.27. The highest BCUT2D eigenvalue weighted by Gasteiger charge is 2.41. The molecular weight excluding hydrogens is 525 g/mol. The number of aliphatic hydroxyl groups is 1. The maximum atomic E-state index is 13.4. The van der Waals surface area contributed by atoms with E-state index in [1.807, 2.05) is 31.1 Å². The van der Waals surface area contributed by atoms with Gasteiger partial charge in [0, 0.05) is 56.0 Å². The third-order valence-corrected chi connectivity index (χ3v) is 7.81. The molecule has 0 unspecified atom stereocenters. The first-order valence-corrected chi connectivity index (χ1v) is 13.2. The number of nitrogens with one attached hydrogen (secondary N) is 1. The Hall–Kier alpha value is -3.57. The molecule has 4 rings (SSSR count). The number of likely N-dealkylation sites (tertiary alicyclic amines) is 1. The van der Waals surface area contributed by atoms with E-state index in [-0.39, 0.29) is 12.1 Å². The van der Waals surface area contributed by atoms with Crippen LogP contribution in [0.5, 0.6) is 5.75 Å². The number of aliphatic carboxylic acids is 1. The standard InChI is InChI=1S/C29H35F3N4O4/c1-35(2)24-17-34-23-5-4-19(40-3)16-20(23)26(24)25(37)6-7-29(28(38)39)8-11-36(12-9-29)13-10-33-18-14-21(30)27(32)22(31)15-18/h4-5,14-17,25,33,37H,6-13H2,1-3H3,(H,38,39)/t25-/m0/s1. The van der Waals surface area contributed by atoms with Crippen LogP contribution >= 0.6 is 0 Å². The summed E-state index contributed by atoms with van der Waals surface area (Å²) in [4.78, 5) is 20.9. The molecule has 1 atom stereocenters. The van der Waals surface area contributed by atoms with Gasteiger partial charge in [0.25, 0.3) is 0 Å². The van der Waals surface area contributed by atoms with Gasteiger partial charge in [-0.15, -0.1) is 0 Å². The molecule has 0 spiro atoms. The first-order chi connectivity index (χ1) is 19.0. The van der Waals surface area contributed by atoms with Crippen LogP contribution in [0.1, 0.15) is 37.4 Å². The molecule has 1 saturated heterocycles. The molecule has 0 amide bonds. The Balaban J connectivity index is 1.40. The lowest BCUT2D eigenvalue weighted by Crippen LogP contribution is -2.45. The van der Waals surface area contributed by atoms with Crippen LogP contribution in [0.3, 0.4) is 0 Å². The number of carbonyl (C=O) groups is 1. The number of rotatable bonds is 11. The van der Waals surface area contributed by atoms with Crippen LogP contribution in [0.4, 0.5) is 24.5 Å².